The van der Waals surface area contributed by atoms with Crippen molar-refractivity contribution >= 4 is 10.2 Å². The van der Waals surface area contributed by atoms with Crippen molar-refractivity contribution in [2.75, 3.05) is 6.61 Å². The Balaban J connectivity index is 3.52. The van der Waals surface area contributed by atoms with Crippen molar-refractivity contribution in [2.24, 2.45) is 0 Å². The number of rotatable bonds is 6. The molecule has 0 aromatic rings. The summed E-state index contributed by atoms with van der Waals surface area (Å²) in [6.45, 7) is 5.19. The van der Waals surface area contributed by atoms with Gasteiger partial charge >= 0.3 is 0 Å². The van der Waals surface area contributed by atoms with E-state index in [1.807, 2.05) is 6.26 Å². The number of ether oxygens (including phenoxy) is 1. The predicted octanol–water partition coefficient (Wildman–Crippen LogP) is 1.88. The van der Waals surface area contributed by atoms with Gasteiger partial charge in [-0.15, -0.1) is 0 Å². The van der Waals surface area contributed by atoms with Gasteiger partial charge in [0, 0.05) is 10.2 Å². The first-order valence-corrected chi connectivity index (χ1v) is 6.06. The Kier molecular flexibility index (Phi) is 7.69. The largest absolute Gasteiger partial charge is 0.501 e. The molecule has 66 valence electrons. The average Bonchev–Trinajstić information content (AvgIpc) is 2.03. The lowest BCUT2D eigenvalue weighted by atomic mass is 10.2. The van der Waals surface area contributed by atoms with Gasteiger partial charge in [0.05, 0.1) is 12.9 Å². The van der Waals surface area contributed by atoms with E-state index in [2.05, 4.69) is 13.8 Å². The highest BCUT2D eigenvalue weighted by atomic mass is 28.1. The molecule has 0 unspecified atom stereocenters. The molecule has 0 spiro atoms. The molecule has 0 aliphatic carbocycles. The van der Waals surface area contributed by atoms with Crippen LogP contribution in [0.15, 0.2) is 11.8 Å². The molecule has 0 saturated heterocycles. The van der Waals surface area contributed by atoms with Crippen LogP contribution >= 0.6 is 0 Å². The lowest BCUT2D eigenvalue weighted by molar-refractivity contribution is 0.245. The third kappa shape index (κ3) is 6.17. The summed E-state index contributed by atoms with van der Waals surface area (Å²) in [5.74, 6) is 0. The van der Waals surface area contributed by atoms with Crippen molar-refractivity contribution < 1.29 is 4.74 Å². The first-order valence-electron chi connectivity index (χ1n) is 4.64. The zero-order valence-corrected chi connectivity index (χ0v) is 10.0. The van der Waals surface area contributed by atoms with Gasteiger partial charge < -0.3 is 4.74 Å². The summed E-state index contributed by atoms with van der Waals surface area (Å²) in [7, 11) is 1.30. The van der Waals surface area contributed by atoms with Gasteiger partial charge in [0.15, 0.2) is 0 Å². The van der Waals surface area contributed by atoms with Crippen LogP contribution in [0.2, 0.25) is 6.04 Å². The Labute approximate surface area is 73.3 Å². The first-order chi connectivity index (χ1) is 5.35. The zero-order valence-electron chi connectivity index (χ0n) is 8.02. The maximum atomic E-state index is 5.34. The van der Waals surface area contributed by atoms with E-state index in [1.54, 1.807) is 0 Å². The Morgan fingerprint density at radius 3 is 2.64 bits per heavy atom. The van der Waals surface area contributed by atoms with Crippen molar-refractivity contribution in [2.45, 2.75) is 39.2 Å². The Bertz CT molecular complexity index is 110. The maximum absolute atomic E-state index is 5.34. The molecule has 0 amide bonds. The van der Waals surface area contributed by atoms with Gasteiger partial charge in [-0.1, -0.05) is 19.9 Å². The molecule has 0 fully saturated rings. The van der Waals surface area contributed by atoms with E-state index < -0.39 is 0 Å². The molecule has 1 nitrogen and oxygen atoms in total. The van der Waals surface area contributed by atoms with E-state index in [0.29, 0.717) is 0 Å². The molecule has 0 radical (unpaired) electrons. The summed E-state index contributed by atoms with van der Waals surface area (Å²) in [6, 6.07) is 1.36. The van der Waals surface area contributed by atoms with Crippen LogP contribution in [-0.4, -0.2) is 16.8 Å². The lowest BCUT2D eigenvalue weighted by Gasteiger charge is -2.02. The third-order valence-corrected chi connectivity index (χ3v) is 2.10. The van der Waals surface area contributed by atoms with Crippen LogP contribution < -0.4 is 0 Å². The molecule has 0 heterocycles. The quantitative estimate of drug-likeness (QED) is 0.338. The second-order valence-corrected chi connectivity index (χ2v) is 3.75. The van der Waals surface area contributed by atoms with E-state index in [9.17, 15) is 0 Å². The predicted molar refractivity (Wildman–Crippen MR) is 54.0 cm³/mol. The molecule has 0 aliphatic rings. The summed E-state index contributed by atoms with van der Waals surface area (Å²) in [5.41, 5.74) is 1.47. The van der Waals surface area contributed by atoms with Gasteiger partial charge in [-0.25, -0.2) is 0 Å². The van der Waals surface area contributed by atoms with E-state index >= 15 is 0 Å². The van der Waals surface area contributed by atoms with Gasteiger partial charge in [-0.05, 0) is 24.8 Å². The Morgan fingerprint density at radius 1 is 1.45 bits per heavy atom. The highest BCUT2D eigenvalue weighted by Gasteiger charge is 1.91. The van der Waals surface area contributed by atoms with Crippen molar-refractivity contribution in [3.8, 4) is 0 Å². The molecule has 0 aromatic carbocycles. The van der Waals surface area contributed by atoms with E-state index in [1.165, 1.54) is 28.3 Å². The Hall–Kier alpha value is -0.243. The molecule has 2 heteroatoms. The van der Waals surface area contributed by atoms with Gasteiger partial charge in [0.2, 0.25) is 0 Å². The minimum absolute atomic E-state index is 0.866. The van der Waals surface area contributed by atoms with Crippen LogP contribution in [0.3, 0.4) is 0 Å². The molecular weight excluding hydrogens is 152 g/mol. The lowest BCUT2D eigenvalue weighted by Crippen LogP contribution is -1.87. The smallest absolute Gasteiger partial charge is 0.0870 e. The van der Waals surface area contributed by atoms with Crippen molar-refractivity contribution in [3.63, 3.8) is 0 Å². The monoisotopic (exact) mass is 172 g/mol. The average molecular weight is 172 g/mol. The molecular formula is C9H20OSi. The summed E-state index contributed by atoms with van der Waals surface area (Å²) in [5, 5.41) is 0. The van der Waals surface area contributed by atoms with Gasteiger partial charge in [0.25, 0.3) is 0 Å². The fourth-order valence-electron chi connectivity index (χ4n) is 0.935. The molecule has 0 bridgehead atoms. The molecule has 0 N–H and O–H groups in total. The van der Waals surface area contributed by atoms with Crippen LogP contribution in [0.4, 0.5) is 0 Å². The SMILES string of the molecule is CCCOC=C(CC)CC[SiH3]. The summed E-state index contributed by atoms with van der Waals surface area (Å²) in [4.78, 5) is 0. The van der Waals surface area contributed by atoms with Crippen LogP contribution in [-0.2, 0) is 4.74 Å². The van der Waals surface area contributed by atoms with E-state index in [0.717, 1.165) is 19.4 Å². The third-order valence-electron chi connectivity index (χ3n) is 1.60. The minimum Gasteiger partial charge on any atom is -0.501 e. The fraction of sp³-hybridized carbons (Fsp3) is 0.778. The summed E-state index contributed by atoms with van der Waals surface area (Å²) >= 11 is 0. The first kappa shape index (κ1) is 10.8. The molecule has 0 saturated carbocycles. The van der Waals surface area contributed by atoms with E-state index in [-0.39, 0.29) is 0 Å². The topological polar surface area (TPSA) is 9.23 Å². The maximum Gasteiger partial charge on any atom is 0.0870 e. The van der Waals surface area contributed by atoms with Crippen LogP contribution in [0.1, 0.15) is 33.1 Å². The van der Waals surface area contributed by atoms with Crippen molar-refractivity contribution in [3.05, 3.63) is 11.8 Å². The zero-order chi connectivity index (χ0) is 8.53. The fourth-order valence-corrected chi connectivity index (χ4v) is 1.58. The standard InChI is InChI=1S/C9H20OSi/c1-3-6-10-8-9(4-2)5-7-11/h8H,3-7H2,1-2,11H3. The minimum atomic E-state index is 0.866. The summed E-state index contributed by atoms with van der Waals surface area (Å²) in [6.07, 6.45) is 5.45. The number of hydrogen-bond acceptors (Lipinski definition) is 1. The van der Waals surface area contributed by atoms with Crippen LogP contribution in [0, 0.1) is 0 Å². The van der Waals surface area contributed by atoms with Crippen molar-refractivity contribution in [1.82, 2.24) is 0 Å². The summed E-state index contributed by atoms with van der Waals surface area (Å²) < 4.78 is 5.34. The second kappa shape index (κ2) is 7.86. The molecule has 11 heavy (non-hydrogen) atoms. The molecule has 0 rings (SSSR count). The molecule has 0 atom stereocenters. The molecule has 0 aromatic heterocycles. The van der Waals surface area contributed by atoms with Gasteiger partial charge in [-0.3, -0.25) is 0 Å². The highest BCUT2D eigenvalue weighted by Crippen LogP contribution is 2.08. The number of allylic oxidation sites excluding steroid dienone is 1. The van der Waals surface area contributed by atoms with E-state index in [4.69, 9.17) is 4.74 Å². The van der Waals surface area contributed by atoms with Gasteiger partial charge in [0.1, 0.15) is 0 Å². The Morgan fingerprint density at radius 2 is 2.18 bits per heavy atom. The molecule has 0 aliphatic heterocycles. The van der Waals surface area contributed by atoms with Gasteiger partial charge in [-0.2, -0.15) is 0 Å². The number of hydrogen-bond donors (Lipinski definition) is 0. The van der Waals surface area contributed by atoms with Crippen molar-refractivity contribution in [1.29, 1.82) is 0 Å². The van der Waals surface area contributed by atoms with Crippen LogP contribution in [0.5, 0.6) is 0 Å². The normalized spacial score (nSPS) is 12.0. The van der Waals surface area contributed by atoms with Crippen LogP contribution in [0.25, 0.3) is 0 Å². The second-order valence-electron chi connectivity index (χ2n) is 2.75. The highest BCUT2D eigenvalue weighted by molar-refractivity contribution is 6.08.